The summed E-state index contributed by atoms with van der Waals surface area (Å²) in [4.78, 5) is 0. The van der Waals surface area contributed by atoms with Crippen molar-refractivity contribution in [2.24, 2.45) is 17.8 Å². The van der Waals surface area contributed by atoms with Crippen LogP contribution in [-0.2, 0) is 0 Å². The lowest BCUT2D eigenvalue weighted by atomic mass is 9.63. The van der Waals surface area contributed by atoms with Gasteiger partial charge in [0.05, 0.1) is 0 Å². The van der Waals surface area contributed by atoms with Crippen molar-refractivity contribution in [3.63, 3.8) is 0 Å². The van der Waals surface area contributed by atoms with Crippen LogP contribution in [0, 0.1) is 17.8 Å². The van der Waals surface area contributed by atoms with E-state index in [1.54, 1.807) is 12.1 Å². The molecule has 2 aliphatic carbocycles. The van der Waals surface area contributed by atoms with Crippen LogP contribution in [0.2, 0.25) is 0 Å². The molecule has 1 nitrogen and oxygen atoms in total. The first-order valence-corrected chi connectivity index (χ1v) is 10.9. The Morgan fingerprint density at radius 3 is 2.00 bits per heavy atom. The molecule has 156 valence electrons. The Hall–Kier alpha value is -1.97. The van der Waals surface area contributed by atoms with Gasteiger partial charge in [0.25, 0.3) is 0 Å². The molecule has 0 saturated heterocycles. The number of ether oxygens (including phenoxy) is 1. The Bertz CT molecular complexity index is 794. The smallest absolute Gasteiger partial charge is 0.406 e. The first kappa shape index (κ1) is 20.3. The zero-order valence-corrected chi connectivity index (χ0v) is 16.9. The summed E-state index contributed by atoms with van der Waals surface area (Å²) in [6, 6.07) is 14.7. The van der Waals surface area contributed by atoms with Gasteiger partial charge in [0.15, 0.2) is 0 Å². The van der Waals surface area contributed by atoms with E-state index < -0.39 is 6.36 Å². The van der Waals surface area contributed by atoms with E-state index in [0.717, 1.165) is 28.9 Å². The maximum Gasteiger partial charge on any atom is 0.573 e. The minimum Gasteiger partial charge on any atom is -0.406 e. The molecular formula is C25H29F3O. The third kappa shape index (κ3) is 4.96. The number of hydrogen-bond acceptors (Lipinski definition) is 1. The van der Waals surface area contributed by atoms with Crippen molar-refractivity contribution in [3.8, 4) is 16.9 Å². The number of fused-ring (bicyclic) bond motifs is 1. The van der Waals surface area contributed by atoms with Crippen molar-refractivity contribution in [1.82, 2.24) is 0 Å². The number of rotatable bonds is 4. The molecular weight excluding hydrogens is 373 g/mol. The highest BCUT2D eigenvalue weighted by Crippen LogP contribution is 2.48. The molecule has 2 fully saturated rings. The highest BCUT2D eigenvalue weighted by atomic mass is 19.4. The van der Waals surface area contributed by atoms with E-state index in [9.17, 15) is 13.2 Å². The number of alkyl halides is 3. The molecule has 2 aromatic carbocycles. The van der Waals surface area contributed by atoms with E-state index in [0.29, 0.717) is 5.92 Å². The van der Waals surface area contributed by atoms with Crippen LogP contribution in [0.1, 0.15) is 63.4 Å². The van der Waals surface area contributed by atoms with Gasteiger partial charge in [-0.3, -0.25) is 0 Å². The molecule has 29 heavy (non-hydrogen) atoms. The Morgan fingerprint density at radius 2 is 1.38 bits per heavy atom. The van der Waals surface area contributed by atoms with Gasteiger partial charge in [0.1, 0.15) is 5.75 Å². The van der Waals surface area contributed by atoms with Crippen LogP contribution >= 0.6 is 0 Å². The minimum absolute atomic E-state index is 0.188. The second kappa shape index (κ2) is 8.41. The molecule has 0 aromatic heterocycles. The van der Waals surface area contributed by atoms with Gasteiger partial charge in [-0.25, -0.2) is 0 Å². The van der Waals surface area contributed by atoms with E-state index in [1.807, 2.05) is 0 Å². The van der Waals surface area contributed by atoms with Crippen molar-refractivity contribution < 1.29 is 17.9 Å². The number of benzene rings is 2. The van der Waals surface area contributed by atoms with Crippen LogP contribution in [0.25, 0.3) is 11.1 Å². The summed E-state index contributed by atoms with van der Waals surface area (Å²) in [6.45, 7) is 2.33. The quantitative estimate of drug-likeness (QED) is 0.504. The van der Waals surface area contributed by atoms with Crippen molar-refractivity contribution >= 4 is 0 Å². The summed E-state index contributed by atoms with van der Waals surface area (Å²) in [6.07, 6.45) is 4.84. The van der Waals surface area contributed by atoms with Crippen molar-refractivity contribution in [1.29, 1.82) is 0 Å². The minimum atomic E-state index is -4.65. The standard InChI is InChI=1S/C25H29F3O/c1-2-17-3-4-23-16-22(10-9-21(23)15-17)20-7-5-18(6-8-20)19-11-13-24(14-12-19)29-25(26,27)28/h5-8,11-14,17,21-23H,2-4,9-10,15-16H2,1H3/t17?,21-,22-,23-/m1/s1. The van der Waals surface area contributed by atoms with Crippen LogP contribution in [0.4, 0.5) is 13.2 Å². The third-order valence-corrected chi connectivity index (χ3v) is 7.10. The number of hydrogen-bond donors (Lipinski definition) is 0. The molecule has 4 rings (SSSR count). The van der Waals surface area contributed by atoms with Crippen LogP contribution in [0.3, 0.4) is 0 Å². The Kier molecular flexibility index (Phi) is 5.89. The van der Waals surface area contributed by atoms with Gasteiger partial charge in [-0.1, -0.05) is 56.2 Å². The molecule has 0 bridgehead atoms. The fourth-order valence-electron chi connectivity index (χ4n) is 5.46. The monoisotopic (exact) mass is 402 g/mol. The average Bonchev–Trinajstić information content (AvgIpc) is 2.72. The van der Waals surface area contributed by atoms with Crippen molar-refractivity contribution in [2.45, 2.75) is 64.1 Å². The van der Waals surface area contributed by atoms with E-state index in [1.165, 1.54) is 62.6 Å². The molecule has 0 radical (unpaired) electrons. The summed E-state index contributed by atoms with van der Waals surface area (Å²) in [5.74, 6) is 3.22. The summed E-state index contributed by atoms with van der Waals surface area (Å²) < 4.78 is 40.9. The Balaban J connectivity index is 1.39. The van der Waals surface area contributed by atoms with Gasteiger partial charge < -0.3 is 4.74 Å². The lowest BCUT2D eigenvalue weighted by molar-refractivity contribution is -0.274. The highest BCUT2D eigenvalue weighted by molar-refractivity contribution is 5.64. The second-order valence-electron chi connectivity index (χ2n) is 8.81. The topological polar surface area (TPSA) is 9.23 Å². The van der Waals surface area contributed by atoms with Gasteiger partial charge in [0, 0.05) is 0 Å². The zero-order chi connectivity index (χ0) is 20.4. The van der Waals surface area contributed by atoms with Gasteiger partial charge in [-0.15, -0.1) is 13.2 Å². The molecule has 0 amide bonds. The van der Waals surface area contributed by atoms with Crippen LogP contribution in [0.5, 0.6) is 5.75 Å². The predicted octanol–water partition coefficient (Wildman–Crippen LogP) is 7.96. The van der Waals surface area contributed by atoms with Crippen LogP contribution in [0.15, 0.2) is 48.5 Å². The normalized spacial score (nSPS) is 27.3. The summed E-state index contributed by atoms with van der Waals surface area (Å²) in [7, 11) is 0. The fraction of sp³-hybridized carbons (Fsp3) is 0.520. The zero-order valence-electron chi connectivity index (χ0n) is 16.9. The molecule has 0 heterocycles. The Labute approximate surface area is 171 Å². The molecule has 2 aromatic rings. The van der Waals surface area contributed by atoms with Crippen molar-refractivity contribution in [3.05, 3.63) is 54.1 Å². The summed E-state index contributed by atoms with van der Waals surface area (Å²) >= 11 is 0. The lowest BCUT2D eigenvalue weighted by Crippen LogP contribution is -2.30. The van der Waals surface area contributed by atoms with E-state index in [-0.39, 0.29) is 5.75 Å². The molecule has 1 unspecified atom stereocenters. The molecule has 0 N–H and O–H groups in total. The van der Waals surface area contributed by atoms with Gasteiger partial charge >= 0.3 is 6.36 Å². The maximum atomic E-state index is 12.3. The second-order valence-corrected chi connectivity index (χ2v) is 8.81. The fourth-order valence-corrected chi connectivity index (χ4v) is 5.46. The maximum absolute atomic E-state index is 12.3. The van der Waals surface area contributed by atoms with Gasteiger partial charge in [0.2, 0.25) is 0 Å². The van der Waals surface area contributed by atoms with E-state index in [4.69, 9.17) is 0 Å². The molecule has 4 atom stereocenters. The van der Waals surface area contributed by atoms with E-state index >= 15 is 0 Å². The first-order chi connectivity index (χ1) is 13.9. The molecule has 2 aliphatic rings. The van der Waals surface area contributed by atoms with Gasteiger partial charge in [-0.2, -0.15) is 0 Å². The predicted molar refractivity (Wildman–Crippen MR) is 110 cm³/mol. The molecule has 4 heteroatoms. The van der Waals surface area contributed by atoms with Crippen LogP contribution in [-0.4, -0.2) is 6.36 Å². The lowest BCUT2D eigenvalue weighted by Gasteiger charge is -2.42. The third-order valence-electron chi connectivity index (χ3n) is 7.10. The van der Waals surface area contributed by atoms with Crippen LogP contribution < -0.4 is 4.74 Å². The van der Waals surface area contributed by atoms with Crippen molar-refractivity contribution in [2.75, 3.05) is 0 Å². The highest BCUT2D eigenvalue weighted by Gasteiger charge is 2.35. The summed E-state index contributed by atoms with van der Waals surface area (Å²) in [5, 5.41) is 0. The molecule has 0 spiro atoms. The molecule has 0 aliphatic heterocycles. The Morgan fingerprint density at radius 1 is 0.793 bits per heavy atom. The number of halogens is 3. The molecule has 2 saturated carbocycles. The average molecular weight is 403 g/mol. The summed E-state index contributed by atoms with van der Waals surface area (Å²) in [5.41, 5.74) is 3.32. The first-order valence-electron chi connectivity index (χ1n) is 10.9. The SMILES string of the molecule is CCC1CC[C@@H]2C[C@H](c3ccc(-c4ccc(OC(F)(F)F)cc4)cc3)CC[C@@H]2C1. The van der Waals surface area contributed by atoms with Gasteiger partial charge in [-0.05, 0) is 84.6 Å². The largest absolute Gasteiger partial charge is 0.573 e. The van der Waals surface area contributed by atoms with E-state index in [2.05, 4.69) is 35.9 Å².